The fourth-order valence-corrected chi connectivity index (χ4v) is 1.21. The molecule has 0 saturated heterocycles. The fraction of sp³-hybridized carbons (Fsp3) is 0.545. The minimum atomic E-state index is -0.00806. The maximum atomic E-state index is 9.03. The van der Waals surface area contributed by atoms with Crippen molar-refractivity contribution in [2.45, 2.75) is 26.4 Å². The smallest absolute Gasteiger partial charge is 0.213 e. The lowest BCUT2D eigenvalue weighted by molar-refractivity contribution is 0.228. The Morgan fingerprint density at radius 2 is 2.13 bits per heavy atom. The van der Waals surface area contributed by atoms with Crippen LogP contribution in [0, 0.1) is 0 Å². The highest BCUT2D eigenvalue weighted by molar-refractivity contribution is 5.24. The van der Waals surface area contributed by atoms with Gasteiger partial charge in [0.25, 0.3) is 0 Å². The summed E-state index contributed by atoms with van der Waals surface area (Å²) in [5, 5.41) is 17.6. The van der Waals surface area contributed by atoms with Crippen LogP contribution in [0.3, 0.4) is 0 Å². The van der Waals surface area contributed by atoms with Gasteiger partial charge in [0.05, 0.1) is 13.2 Å². The second-order valence-corrected chi connectivity index (χ2v) is 3.24. The molecule has 1 rings (SSSR count). The summed E-state index contributed by atoms with van der Waals surface area (Å²) >= 11 is 0. The van der Waals surface area contributed by atoms with Crippen LogP contribution in [0.15, 0.2) is 12.1 Å². The molecule has 84 valence electrons. The molecule has 1 aromatic rings. The van der Waals surface area contributed by atoms with Gasteiger partial charge in [-0.05, 0) is 18.1 Å². The Bertz CT molecular complexity index is 280. The van der Waals surface area contributed by atoms with Crippen molar-refractivity contribution >= 4 is 0 Å². The summed E-state index contributed by atoms with van der Waals surface area (Å²) in [6, 6.07) is 3.58. The van der Waals surface area contributed by atoms with Crippen molar-refractivity contribution in [1.82, 2.24) is 4.98 Å². The monoisotopic (exact) mass is 211 g/mol. The van der Waals surface area contributed by atoms with Crippen LogP contribution in [0.5, 0.6) is 5.88 Å². The van der Waals surface area contributed by atoms with Crippen LogP contribution in [0.1, 0.15) is 24.6 Å². The normalized spacial score (nSPS) is 10.3. The van der Waals surface area contributed by atoms with Crippen LogP contribution >= 0.6 is 0 Å². The van der Waals surface area contributed by atoms with Gasteiger partial charge >= 0.3 is 0 Å². The van der Waals surface area contributed by atoms with Gasteiger partial charge in [-0.15, -0.1) is 0 Å². The quantitative estimate of drug-likeness (QED) is 0.686. The van der Waals surface area contributed by atoms with Gasteiger partial charge in [-0.25, -0.2) is 4.98 Å². The van der Waals surface area contributed by atoms with E-state index in [0.29, 0.717) is 18.9 Å². The minimum absolute atomic E-state index is 0.00806. The van der Waals surface area contributed by atoms with E-state index in [4.69, 9.17) is 14.9 Å². The topological polar surface area (TPSA) is 62.6 Å². The molecule has 0 bridgehead atoms. The Balaban J connectivity index is 2.68. The number of aryl methyl sites for hydroxylation is 1. The molecule has 0 aliphatic rings. The van der Waals surface area contributed by atoms with Gasteiger partial charge in [-0.1, -0.05) is 6.92 Å². The van der Waals surface area contributed by atoms with Crippen molar-refractivity contribution in [2.24, 2.45) is 0 Å². The van der Waals surface area contributed by atoms with E-state index in [1.165, 1.54) is 0 Å². The number of hydrogen-bond donors (Lipinski definition) is 2. The zero-order valence-corrected chi connectivity index (χ0v) is 8.94. The third kappa shape index (κ3) is 3.85. The fourth-order valence-electron chi connectivity index (χ4n) is 1.21. The number of hydrogen-bond acceptors (Lipinski definition) is 4. The molecule has 0 amide bonds. The molecule has 0 fully saturated rings. The molecule has 4 nitrogen and oxygen atoms in total. The lowest BCUT2D eigenvalue weighted by Gasteiger charge is -2.07. The van der Waals surface area contributed by atoms with E-state index in [0.717, 1.165) is 17.7 Å². The second kappa shape index (κ2) is 6.37. The standard InChI is InChI=1S/C11H17NO3/c1-2-10-6-9(8-14)7-11(12-10)15-5-3-4-13/h6-7,13-14H,2-5,8H2,1H3. The summed E-state index contributed by atoms with van der Waals surface area (Å²) in [5.41, 5.74) is 1.71. The molecular weight excluding hydrogens is 194 g/mol. The predicted molar refractivity (Wildman–Crippen MR) is 56.7 cm³/mol. The van der Waals surface area contributed by atoms with Crippen molar-refractivity contribution in [3.05, 3.63) is 23.4 Å². The Morgan fingerprint density at radius 3 is 2.73 bits per heavy atom. The highest BCUT2D eigenvalue weighted by Gasteiger charge is 2.01. The molecule has 0 radical (unpaired) electrons. The Labute approximate surface area is 89.5 Å². The summed E-state index contributed by atoms with van der Waals surface area (Å²) < 4.78 is 5.35. The Kier molecular flexibility index (Phi) is 5.07. The maximum absolute atomic E-state index is 9.03. The molecular formula is C11H17NO3. The minimum Gasteiger partial charge on any atom is -0.478 e. The summed E-state index contributed by atoms with van der Waals surface area (Å²) in [6.45, 7) is 2.55. The number of rotatable bonds is 6. The molecule has 0 atom stereocenters. The van der Waals surface area contributed by atoms with Crippen molar-refractivity contribution in [2.75, 3.05) is 13.2 Å². The molecule has 0 aliphatic carbocycles. The van der Waals surface area contributed by atoms with Crippen molar-refractivity contribution in [1.29, 1.82) is 0 Å². The lowest BCUT2D eigenvalue weighted by Crippen LogP contribution is -2.03. The molecule has 0 aromatic carbocycles. The van der Waals surface area contributed by atoms with Crippen LogP contribution in [-0.2, 0) is 13.0 Å². The second-order valence-electron chi connectivity index (χ2n) is 3.24. The van der Waals surface area contributed by atoms with Gasteiger partial charge in [-0.3, -0.25) is 0 Å². The van der Waals surface area contributed by atoms with Crippen LogP contribution in [0.2, 0.25) is 0 Å². The number of ether oxygens (including phenoxy) is 1. The van der Waals surface area contributed by atoms with E-state index in [1.54, 1.807) is 6.07 Å². The molecule has 0 aliphatic heterocycles. The summed E-state index contributed by atoms with van der Waals surface area (Å²) in [6.07, 6.45) is 1.40. The van der Waals surface area contributed by atoms with Crippen molar-refractivity contribution in [3.8, 4) is 5.88 Å². The first-order valence-electron chi connectivity index (χ1n) is 5.14. The molecule has 15 heavy (non-hydrogen) atoms. The first-order valence-corrected chi connectivity index (χ1v) is 5.14. The zero-order valence-electron chi connectivity index (χ0n) is 8.94. The van der Waals surface area contributed by atoms with Crippen LogP contribution in [0.4, 0.5) is 0 Å². The first kappa shape index (κ1) is 11.9. The number of aromatic nitrogens is 1. The maximum Gasteiger partial charge on any atom is 0.213 e. The van der Waals surface area contributed by atoms with Crippen LogP contribution in [-0.4, -0.2) is 28.4 Å². The van der Waals surface area contributed by atoms with Crippen LogP contribution in [0.25, 0.3) is 0 Å². The number of aliphatic hydroxyl groups excluding tert-OH is 2. The van der Waals surface area contributed by atoms with Gasteiger partial charge in [0.2, 0.25) is 5.88 Å². The first-order chi connectivity index (χ1) is 7.30. The highest BCUT2D eigenvalue weighted by atomic mass is 16.5. The zero-order chi connectivity index (χ0) is 11.1. The summed E-state index contributed by atoms with van der Waals surface area (Å²) in [7, 11) is 0. The lowest BCUT2D eigenvalue weighted by atomic mass is 10.2. The number of aliphatic hydroxyl groups is 2. The highest BCUT2D eigenvalue weighted by Crippen LogP contribution is 2.13. The number of pyridine rings is 1. The van der Waals surface area contributed by atoms with Gasteiger partial charge in [-0.2, -0.15) is 0 Å². The van der Waals surface area contributed by atoms with E-state index >= 15 is 0 Å². The summed E-state index contributed by atoms with van der Waals surface area (Å²) in [5.74, 6) is 0.520. The Hall–Kier alpha value is -1.13. The molecule has 0 spiro atoms. The molecule has 1 aromatic heterocycles. The largest absolute Gasteiger partial charge is 0.478 e. The molecule has 4 heteroatoms. The van der Waals surface area contributed by atoms with E-state index in [1.807, 2.05) is 13.0 Å². The van der Waals surface area contributed by atoms with E-state index in [-0.39, 0.29) is 13.2 Å². The average Bonchev–Trinajstić information content (AvgIpc) is 2.29. The van der Waals surface area contributed by atoms with E-state index in [9.17, 15) is 0 Å². The average molecular weight is 211 g/mol. The SMILES string of the molecule is CCc1cc(CO)cc(OCCCO)n1. The molecule has 2 N–H and O–H groups in total. The predicted octanol–water partition coefficient (Wildman–Crippen LogP) is 0.897. The van der Waals surface area contributed by atoms with Gasteiger partial charge in [0.15, 0.2) is 0 Å². The van der Waals surface area contributed by atoms with E-state index in [2.05, 4.69) is 4.98 Å². The van der Waals surface area contributed by atoms with E-state index < -0.39 is 0 Å². The van der Waals surface area contributed by atoms with Crippen LogP contribution < -0.4 is 4.74 Å². The molecule has 0 saturated carbocycles. The van der Waals surface area contributed by atoms with Gasteiger partial charge in [0.1, 0.15) is 0 Å². The van der Waals surface area contributed by atoms with Gasteiger partial charge < -0.3 is 14.9 Å². The third-order valence-electron chi connectivity index (χ3n) is 2.01. The van der Waals surface area contributed by atoms with Crippen molar-refractivity contribution in [3.63, 3.8) is 0 Å². The number of nitrogens with zero attached hydrogens (tertiary/aromatic N) is 1. The molecule has 1 heterocycles. The molecule has 0 unspecified atom stereocenters. The summed E-state index contributed by atoms with van der Waals surface area (Å²) in [4.78, 5) is 4.26. The van der Waals surface area contributed by atoms with Crippen molar-refractivity contribution < 1.29 is 14.9 Å². The van der Waals surface area contributed by atoms with Gasteiger partial charge in [0, 0.05) is 24.8 Å². The Morgan fingerprint density at radius 1 is 1.33 bits per heavy atom. The third-order valence-corrected chi connectivity index (χ3v) is 2.01.